The Morgan fingerprint density at radius 2 is 0.595 bits per heavy atom. The first kappa shape index (κ1) is 77.6. The molecular weight excluding hydrogens is 971 g/mol. The van der Waals surface area contributed by atoms with Crippen molar-refractivity contribution in [1.29, 1.82) is 0 Å². The molecule has 0 saturated heterocycles. The van der Waals surface area contributed by atoms with E-state index in [1.807, 2.05) is 0 Å². The minimum atomic E-state index is -0.661. The summed E-state index contributed by atoms with van der Waals surface area (Å²) >= 11 is 0. The maximum Gasteiger partial charge on any atom is 0.305 e. The van der Waals surface area contributed by atoms with Crippen LogP contribution in [0.1, 0.15) is 418 Å². The number of rotatable bonds is 69. The maximum absolute atomic E-state index is 12.5. The molecule has 0 aromatic carbocycles. The molecule has 6 nitrogen and oxygen atoms in total. The SMILES string of the molecule is CCCCCCC/C=C\CCCCCCCC(=O)OCCCCCCCCCCCCCCCCCCCCCCCCCCCCCCCCCC(=O)NC(CO)C(O)CCCCCCCCCCCCCCCCCCC. The van der Waals surface area contributed by atoms with Crippen LogP contribution in [0.25, 0.3) is 0 Å². The fourth-order valence-electron chi connectivity index (χ4n) is 11.8. The van der Waals surface area contributed by atoms with E-state index >= 15 is 0 Å². The molecule has 6 heteroatoms. The molecule has 2 atom stereocenters. The molecular formula is C73H143NO5. The molecule has 0 aliphatic carbocycles. The fourth-order valence-corrected chi connectivity index (χ4v) is 11.8. The number of esters is 1. The minimum Gasteiger partial charge on any atom is -0.466 e. The van der Waals surface area contributed by atoms with E-state index in [2.05, 4.69) is 31.3 Å². The number of aliphatic hydroxyl groups excluding tert-OH is 2. The second-order valence-electron chi connectivity index (χ2n) is 25.3. The van der Waals surface area contributed by atoms with Crippen LogP contribution in [0.5, 0.6) is 0 Å². The summed E-state index contributed by atoms with van der Waals surface area (Å²) in [6, 6.07) is -0.538. The Bertz CT molecular complexity index is 1190. The third-order valence-corrected chi connectivity index (χ3v) is 17.3. The van der Waals surface area contributed by atoms with Crippen molar-refractivity contribution in [3.63, 3.8) is 0 Å². The quantitative estimate of drug-likeness (QED) is 0.0320. The molecule has 2 unspecified atom stereocenters. The average molecular weight is 1110 g/mol. The van der Waals surface area contributed by atoms with Gasteiger partial charge in [0.25, 0.3) is 0 Å². The van der Waals surface area contributed by atoms with Gasteiger partial charge >= 0.3 is 5.97 Å². The van der Waals surface area contributed by atoms with Gasteiger partial charge in [0.15, 0.2) is 0 Å². The normalized spacial score (nSPS) is 12.5. The van der Waals surface area contributed by atoms with Crippen molar-refractivity contribution < 1.29 is 24.5 Å². The highest BCUT2D eigenvalue weighted by molar-refractivity contribution is 5.76. The van der Waals surface area contributed by atoms with E-state index in [9.17, 15) is 19.8 Å². The van der Waals surface area contributed by atoms with Gasteiger partial charge in [-0.25, -0.2) is 0 Å². The number of unbranched alkanes of at least 4 members (excludes halogenated alkanes) is 56. The Labute approximate surface area is 495 Å². The highest BCUT2D eigenvalue weighted by atomic mass is 16.5. The first-order chi connectivity index (χ1) is 39.0. The summed E-state index contributed by atoms with van der Waals surface area (Å²) < 4.78 is 5.49. The first-order valence-electron chi connectivity index (χ1n) is 36.4. The predicted molar refractivity (Wildman–Crippen MR) is 347 cm³/mol. The van der Waals surface area contributed by atoms with Crippen molar-refractivity contribution in [2.75, 3.05) is 13.2 Å². The summed E-state index contributed by atoms with van der Waals surface area (Å²) in [7, 11) is 0. The molecule has 0 fully saturated rings. The molecule has 0 aromatic heterocycles. The lowest BCUT2D eigenvalue weighted by Gasteiger charge is -2.22. The zero-order valence-corrected chi connectivity index (χ0v) is 53.9. The highest BCUT2D eigenvalue weighted by Crippen LogP contribution is 2.20. The van der Waals surface area contributed by atoms with Crippen molar-refractivity contribution in [2.45, 2.75) is 431 Å². The van der Waals surface area contributed by atoms with E-state index in [-0.39, 0.29) is 18.5 Å². The van der Waals surface area contributed by atoms with Crippen molar-refractivity contribution in [3.8, 4) is 0 Å². The van der Waals surface area contributed by atoms with Crippen LogP contribution in [0.4, 0.5) is 0 Å². The summed E-state index contributed by atoms with van der Waals surface area (Å²) in [6.45, 7) is 4.99. The van der Waals surface area contributed by atoms with Crippen molar-refractivity contribution >= 4 is 11.9 Å². The van der Waals surface area contributed by atoms with Gasteiger partial charge in [-0.05, 0) is 51.4 Å². The number of hydrogen-bond acceptors (Lipinski definition) is 5. The Hall–Kier alpha value is -1.40. The number of hydrogen-bond donors (Lipinski definition) is 3. The number of ether oxygens (including phenoxy) is 1. The number of nitrogens with one attached hydrogen (secondary N) is 1. The summed E-state index contributed by atoms with van der Waals surface area (Å²) in [5, 5.41) is 23.4. The third kappa shape index (κ3) is 65.6. The van der Waals surface area contributed by atoms with Gasteiger partial charge < -0.3 is 20.3 Å². The van der Waals surface area contributed by atoms with Crippen LogP contribution < -0.4 is 5.32 Å². The molecule has 0 aliphatic rings. The minimum absolute atomic E-state index is 0.0131. The van der Waals surface area contributed by atoms with Crippen LogP contribution in [0.3, 0.4) is 0 Å². The number of allylic oxidation sites excluding steroid dienone is 2. The van der Waals surface area contributed by atoms with E-state index < -0.39 is 12.1 Å². The van der Waals surface area contributed by atoms with Crippen molar-refractivity contribution in [1.82, 2.24) is 5.32 Å². The number of carbonyl (C=O) groups is 2. The smallest absolute Gasteiger partial charge is 0.305 e. The van der Waals surface area contributed by atoms with E-state index in [4.69, 9.17) is 4.74 Å². The topological polar surface area (TPSA) is 95.9 Å². The fraction of sp³-hybridized carbons (Fsp3) is 0.945. The molecule has 0 spiro atoms. The Morgan fingerprint density at radius 3 is 0.899 bits per heavy atom. The van der Waals surface area contributed by atoms with Crippen LogP contribution in [0.2, 0.25) is 0 Å². The second-order valence-corrected chi connectivity index (χ2v) is 25.3. The molecule has 79 heavy (non-hydrogen) atoms. The van der Waals surface area contributed by atoms with Gasteiger partial charge in [-0.1, -0.05) is 366 Å². The van der Waals surface area contributed by atoms with Gasteiger partial charge in [0.2, 0.25) is 5.91 Å². The number of amides is 1. The summed E-state index contributed by atoms with van der Waals surface area (Å²) in [6.07, 6.45) is 85.6. The molecule has 3 N–H and O–H groups in total. The lowest BCUT2D eigenvalue weighted by Crippen LogP contribution is -2.45. The largest absolute Gasteiger partial charge is 0.466 e. The molecule has 0 saturated carbocycles. The van der Waals surface area contributed by atoms with Crippen LogP contribution in [-0.2, 0) is 14.3 Å². The van der Waals surface area contributed by atoms with E-state index in [1.54, 1.807) is 0 Å². The molecule has 1 amide bonds. The van der Waals surface area contributed by atoms with E-state index in [1.165, 1.54) is 340 Å². The summed E-state index contributed by atoms with van der Waals surface area (Å²) in [4.78, 5) is 24.6. The molecule has 0 rings (SSSR count). The first-order valence-corrected chi connectivity index (χ1v) is 36.4. The van der Waals surface area contributed by atoms with Gasteiger partial charge in [0.1, 0.15) is 0 Å². The molecule has 0 radical (unpaired) electrons. The van der Waals surface area contributed by atoms with Gasteiger partial charge in [0.05, 0.1) is 25.4 Å². The van der Waals surface area contributed by atoms with Gasteiger partial charge in [0, 0.05) is 12.8 Å². The van der Waals surface area contributed by atoms with E-state index in [0.717, 1.165) is 44.9 Å². The standard InChI is InChI=1S/C73H143NO5/c1-3-5-7-9-11-13-15-17-19-35-38-41-45-49-53-57-61-65-71(76)70(69-75)74-72(77)66-62-58-54-50-46-42-39-36-33-31-29-27-25-23-21-20-22-24-26-28-30-32-34-37-40-44-48-52-56-60-64-68-79-73(78)67-63-59-55-51-47-43-18-16-14-12-10-8-6-4-2/h16,18,70-71,75-76H,3-15,17,19-69H2,1-2H3,(H,74,77)/b18-16-. The Morgan fingerprint density at radius 1 is 0.342 bits per heavy atom. The summed E-state index contributed by atoms with van der Waals surface area (Å²) in [5.41, 5.74) is 0. The van der Waals surface area contributed by atoms with Crippen LogP contribution in [0.15, 0.2) is 12.2 Å². The summed E-state index contributed by atoms with van der Waals surface area (Å²) in [5.74, 6) is -0.0135. The maximum atomic E-state index is 12.5. The van der Waals surface area contributed by atoms with Gasteiger partial charge in [-0.15, -0.1) is 0 Å². The highest BCUT2D eigenvalue weighted by Gasteiger charge is 2.20. The Balaban J connectivity index is 3.32. The van der Waals surface area contributed by atoms with Crippen LogP contribution in [0, 0.1) is 0 Å². The van der Waals surface area contributed by atoms with Crippen LogP contribution >= 0.6 is 0 Å². The van der Waals surface area contributed by atoms with Crippen molar-refractivity contribution in [3.05, 3.63) is 12.2 Å². The third-order valence-electron chi connectivity index (χ3n) is 17.3. The molecule has 0 aliphatic heterocycles. The molecule has 0 heterocycles. The predicted octanol–water partition coefficient (Wildman–Crippen LogP) is 23.5. The van der Waals surface area contributed by atoms with Crippen LogP contribution in [-0.4, -0.2) is 47.4 Å². The average Bonchev–Trinajstić information content (AvgIpc) is 3.45. The van der Waals surface area contributed by atoms with E-state index in [0.29, 0.717) is 25.9 Å². The lowest BCUT2D eigenvalue weighted by molar-refractivity contribution is -0.143. The molecule has 470 valence electrons. The second kappa shape index (κ2) is 69.1. The van der Waals surface area contributed by atoms with Crippen molar-refractivity contribution in [2.24, 2.45) is 0 Å². The van der Waals surface area contributed by atoms with Gasteiger partial charge in [-0.3, -0.25) is 9.59 Å². The number of aliphatic hydroxyl groups is 2. The zero-order chi connectivity index (χ0) is 57.1. The monoisotopic (exact) mass is 1110 g/mol. The lowest BCUT2D eigenvalue weighted by atomic mass is 10.0. The Kier molecular flexibility index (Phi) is 67.9. The van der Waals surface area contributed by atoms with Gasteiger partial charge in [-0.2, -0.15) is 0 Å². The zero-order valence-electron chi connectivity index (χ0n) is 53.9. The number of carbonyl (C=O) groups excluding carboxylic acids is 2. The molecule has 0 bridgehead atoms. The molecule has 0 aromatic rings.